The van der Waals surface area contributed by atoms with Gasteiger partial charge in [0.2, 0.25) is 5.91 Å². The lowest BCUT2D eigenvalue weighted by atomic mass is 10.4. The summed E-state index contributed by atoms with van der Waals surface area (Å²) in [6.45, 7) is 1.14. The number of carbonyl (C=O) groups is 1. The van der Waals surface area contributed by atoms with Gasteiger partial charge in [-0.25, -0.2) is 0 Å². The van der Waals surface area contributed by atoms with Crippen LogP contribution in [0, 0.1) is 0 Å². The van der Waals surface area contributed by atoms with Gasteiger partial charge in [0.15, 0.2) is 0 Å². The molecule has 5 nitrogen and oxygen atoms in total. The Morgan fingerprint density at radius 1 is 1.46 bits per heavy atom. The molecular formula is C7H13NO4S. The molecule has 0 spiro atoms. The van der Waals surface area contributed by atoms with Crippen molar-refractivity contribution in [1.29, 1.82) is 0 Å². The smallest absolute Gasteiger partial charge is 0.264 e. The first kappa shape index (κ1) is 10.5. The Kier molecular flexibility index (Phi) is 3.27. The fraction of sp³-hybridized carbons (Fsp3) is 0.857. The topological polar surface area (TPSA) is 74.7 Å². The van der Waals surface area contributed by atoms with Crippen molar-refractivity contribution in [1.82, 2.24) is 4.90 Å². The van der Waals surface area contributed by atoms with Gasteiger partial charge in [0, 0.05) is 19.5 Å². The van der Waals surface area contributed by atoms with Crippen molar-refractivity contribution in [2.75, 3.05) is 18.8 Å². The van der Waals surface area contributed by atoms with E-state index in [0.29, 0.717) is 25.9 Å². The maximum Gasteiger partial charge on any atom is 0.264 e. The van der Waals surface area contributed by atoms with Gasteiger partial charge in [-0.15, -0.1) is 0 Å². The Morgan fingerprint density at radius 3 is 2.62 bits per heavy atom. The molecular weight excluding hydrogens is 194 g/mol. The summed E-state index contributed by atoms with van der Waals surface area (Å²) < 4.78 is 29.1. The van der Waals surface area contributed by atoms with E-state index in [-0.39, 0.29) is 11.7 Å². The largest absolute Gasteiger partial charge is 0.343 e. The summed E-state index contributed by atoms with van der Waals surface area (Å²) in [6.07, 6.45) is 1.72. The van der Waals surface area contributed by atoms with E-state index in [4.69, 9.17) is 4.55 Å². The average Bonchev–Trinajstić information content (AvgIpc) is 2.34. The minimum Gasteiger partial charge on any atom is -0.343 e. The van der Waals surface area contributed by atoms with Crippen LogP contribution in [0.3, 0.4) is 0 Å². The number of likely N-dealkylation sites (tertiary alicyclic amines) is 1. The van der Waals surface area contributed by atoms with Gasteiger partial charge < -0.3 is 4.90 Å². The van der Waals surface area contributed by atoms with Gasteiger partial charge in [0.1, 0.15) is 0 Å². The van der Waals surface area contributed by atoms with Crippen LogP contribution in [-0.2, 0) is 14.9 Å². The van der Waals surface area contributed by atoms with E-state index in [1.54, 1.807) is 4.90 Å². The van der Waals surface area contributed by atoms with Crippen molar-refractivity contribution < 1.29 is 17.8 Å². The molecule has 1 amide bonds. The molecule has 0 aliphatic carbocycles. The third-order valence-corrected chi connectivity index (χ3v) is 2.81. The van der Waals surface area contributed by atoms with E-state index in [1.165, 1.54) is 0 Å². The Hall–Kier alpha value is -0.620. The van der Waals surface area contributed by atoms with Gasteiger partial charge in [-0.3, -0.25) is 9.35 Å². The molecule has 1 aliphatic heterocycles. The highest BCUT2D eigenvalue weighted by atomic mass is 32.2. The summed E-state index contributed by atoms with van der Waals surface area (Å²) in [5.74, 6) is -0.188. The van der Waals surface area contributed by atoms with Crippen LogP contribution in [0.2, 0.25) is 0 Å². The van der Waals surface area contributed by atoms with E-state index in [2.05, 4.69) is 0 Å². The SMILES string of the molecule is O=C1CCCN1CCCS(=O)(=O)O. The number of hydrogen-bond donors (Lipinski definition) is 1. The van der Waals surface area contributed by atoms with Crippen molar-refractivity contribution in [3.05, 3.63) is 0 Å². The molecule has 1 fully saturated rings. The molecule has 0 unspecified atom stereocenters. The number of rotatable bonds is 4. The first-order valence-electron chi connectivity index (χ1n) is 4.22. The van der Waals surface area contributed by atoms with Gasteiger partial charge in [0.25, 0.3) is 10.1 Å². The maximum atomic E-state index is 11.0. The van der Waals surface area contributed by atoms with Crippen molar-refractivity contribution in [2.45, 2.75) is 19.3 Å². The van der Waals surface area contributed by atoms with Crippen molar-refractivity contribution in [2.24, 2.45) is 0 Å². The summed E-state index contributed by atoms with van der Waals surface area (Å²) in [4.78, 5) is 12.7. The molecule has 0 aromatic heterocycles. The lowest BCUT2D eigenvalue weighted by molar-refractivity contribution is -0.127. The third kappa shape index (κ3) is 3.73. The molecule has 0 aromatic carbocycles. The summed E-state index contributed by atoms with van der Waals surface area (Å²) in [6, 6.07) is 0. The second-order valence-electron chi connectivity index (χ2n) is 3.12. The Balaban J connectivity index is 2.23. The molecule has 0 aromatic rings. The van der Waals surface area contributed by atoms with Gasteiger partial charge in [0.05, 0.1) is 5.75 Å². The predicted octanol–water partition coefficient (Wildman–Crippen LogP) is -0.113. The number of carbonyl (C=O) groups excluding carboxylic acids is 1. The third-order valence-electron chi connectivity index (χ3n) is 2.00. The molecule has 0 radical (unpaired) electrons. The normalized spacial score (nSPS) is 18.2. The number of amides is 1. The summed E-state index contributed by atoms with van der Waals surface area (Å²) in [5, 5.41) is 0. The lowest BCUT2D eigenvalue weighted by Gasteiger charge is -2.13. The molecule has 6 heteroatoms. The summed E-state index contributed by atoms with van der Waals surface area (Å²) >= 11 is 0. The molecule has 1 saturated heterocycles. The lowest BCUT2D eigenvalue weighted by Crippen LogP contribution is -2.27. The van der Waals surface area contributed by atoms with E-state index < -0.39 is 10.1 Å². The molecule has 0 bridgehead atoms. The number of hydrogen-bond acceptors (Lipinski definition) is 3. The highest BCUT2D eigenvalue weighted by Gasteiger charge is 2.19. The highest BCUT2D eigenvalue weighted by Crippen LogP contribution is 2.09. The quantitative estimate of drug-likeness (QED) is 0.652. The first-order chi connectivity index (χ1) is 5.99. The van der Waals surface area contributed by atoms with Crippen molar-refractivity contribution in [3.8, 4) is 0 Å². The van der Waals surface area contributed by atoms with E-state index in [0.717, 1.165) is 6.42 Å². The fourth-order valence-electron chi connectivity index (χ4n) is 1.38. The fourth-order valence-corrected chi connectivity index (χ4v) is 1.87. The van der Waals surface area contributed by atoms with E-state index >= 15 is 0 Å². The molecule has 1 heterocycles. The zero-order chi connectivity index (χ0) is 9.90. The Labute approximate surface area is 77.5 Å². The van der Waals surface area contributed by atoms with Crippen LogP contribution in [0.15, 0.2) is 0 Å². The molecule has 1 aliphatic rings. The maximum absolute atomic E-state index is 11.0. The molecule has 1 N–H and O–H groups in total. The van der Waals surface area contributed by atoms with Crippen LogP contribution in [0.5, 0.6) is 0 Å². The minimum absolute atomic E-state index is 0.0790. The van der Waals surface area contributed by atoms with Crippen LogP contribution in [0.25, 0.3) is 0 Å². The standard InChI is InChI=1S/C7H13NO4S/c9-7-3-1-4-8(7)5-2-6-13(10,11)12/h1-6H2,(H,10,11,12). The molecule has 0 atom stereocenters. The second-order valence-corrected chi connectivity index (χ2v) is 4.70. The van der Waals surface area contributed by atoms with Crippen molar-refractivity contribution in [3.63, 3.8) is 0 Å². The predicted molar refractivity (Wildman–Crippen MR) is 46.8 cm³/mol. The van der Waals surface area contributed by atoms with Crippen molar-refractivity contribution >= 4 is 16.0 Å². The zero-order valence-electron chi connectivity index (χ0n) is 7.27. The van der Waals surface area contributed by atoms with E-state index in [9.17, 15) is 13.2 Å². The van der Waals surface area contributed by atoms with Gasteiger partial charge in [-0.1, -0.05) is 0 Å². The molecule has 76 valence electrons. The Bertz CT molecular complexity index is 285. The molecule has 1 rings (SSSR count). The number of nitrogens with zero attached hydrogens (tertiary/aromatic N) is 1. The van der Waals surface area contributed by atoms with Crippen LogP contribution >= 0.6 is 0 Å². The Morgan fingerprint density at radius 2 is 2.15 bits per heavy atom. The van der Waals surface area contributed by atoms with Crippen LogP contribution in [0.4, 0.5) is 0 Å². The van der Waals surface area contributed by atoms with Crippen LogP contribution in [0.1, 0.15) is 19.3 Å². The van der Waals surface area contributed by atoms with Gasteiger partial charge in [-0.2, -0.15) is 8.42 Å². The summed E-state index contributed by atoms with van der Waals surface area (Å²) in [5.41, 5.74) is 0. The van der Waals surface area contributed by atoms with Gasteiger partial charge in [-0.05, 0) is 12.8 Å². The monoisotopic (exact) mass is 207 g/mol. The average molecular weight is 207 g/mol. The van der Waals surface area contributed by atoms with E-state index in [1.807, 2.05) is 0 Å². The second kappa shape index (κ2) is 4.06. The van der Waals surface area contributed by atoms with Crippen LogP contribution in [-0.4, -0.2) is 42.6 Å². The molecule has 13 heavy (non-hydrogen) atoms. The first-order valence-corrected chi connectivity index (χ1v) is 5.83. The minimum atomic E-state index is -3.87. The van der Waals surface area contributed by atoms with Crippen LogP contribution < -0.4 is 0 Å². The zero-order valence-corrected chi connectivity index (χ0v) is 8.09. The van der Waals surface area contributed by atoms with Gasteiger partial charge >= 0.3 is 0 Å². The summed E-state index contributed by atoms with van der Waals surface area (Å²) in [7, 11) is -3.87. The highest BCUT2D eigenvalue weighted by molar-refractivity contribution is 7.85. The molecule has 0 saturated carbocycles.